The molecule has 1 aliphatic carbocycles. The highest BCUT2D eigenvalue weighted by molar-refractivity contribution is 7.09. The zero-order chi connectivity index (χ0) is 13.9. The topological polar surface area (TPSA) is 29.3 Å². The molecule has 0 atom stereocenters. The average molecular weight is 290 g/mol. The molecule has 4 heteroatoms. The number of thiophene rings is 1. The summed E-state index contributed by atoms with van der Waals surface area (Å²) >= 11 is 1.76. The first kappa shape index (κ1) is 13.7. The van der Waals surface area contributed by atoms with Crippen molar-refractivity contribution >= 4 is 11.3 Å². The highest BCUT2D eigenvalue weighted by atomic mass is 32.1. The van der Waals surface area contributed by atoms with Crippen LogP contribution in [0.25, 0.3) is 0 Å². The van der Waals surface area contributed by atoms with Crippen LogP contribution in [0.3, 0.4) is 0 Å². The van der Waals surface area contributed by atoms with Gasteiger partial charge in [0.2, 0.25) is 0 Å². The Bertz CT molecular complexity index is 564. The van der Waals surface area contributed by atoms with Crippen LogP contribution in [0.4, 0.5) is 4.39 Å². The summed E-state index contributed by atoms with van der Waals surface area (Å²) in [5.74, 6) is -0.133. The fourth-order valence-electron chi connectivity index (χ4n) is 2.49. The number of nitrogens with two attached hydrogens (primary N) is 1. The second-order valence-electron chi connectivity index (χ2n) is 5.31. The van der Waals surface area contributed by atoms with Gasteiger partial charge >= 0.3 is 0 Å². The van der Waals surface area contributed by atoms with Crippen LogP contribution in [0.5, 0.6) is 0 Å². The first-order chi connectivity index (χ1) is 9.78. The first-order valence-electron chi connectivity index (χ1n) is 7.00. The lowest BCUT2D eigenvalue weighted by Gasteiger charge is -2.22. The minimum Gasteiger partial charge on any atom is -0.326 e. The van der Waals surface area contributed by atoms with Gasteiger partial charge in [-0.05, 0) is 24.3 Å². The van der Waals surface area contributed by atoms with Crippen LogP contribution in [0.1, 0.15) is 28.8 Å². The molecule has 0 saturated heterocycles. The fourth-order valence-corrected chi connectivity index (χ4v) is 3.22. The Hall–Kier alpha value is -1.23. The van der Waals surface area contributed by atoms with Crippen molar-refractivity contribution in [3.63, 3.8) is 0 Å². The molecule has 2 N–H and O–H groups in total. The van der Waals surface area contributed by atoms with E-state index in [1.807, 2.05) is 12.1 Å². The molecule has 3 rings (SSSR count). The highest BCUT2D eigenvalue weighted by Crippen LogP contribution is 2.31. The quantitative estimate of drug-likeness (QED) is 0.882. The van der Waals surface area contributed by atoms with Gasteiger partial charge in [0.1, 0.15) is 5.82 Å². The predicted octanol–water partition coefficient (Wildman–Crippen LogP) is 3.51. The van der Waals surface area contributed by atoms with Crippen molar-refractivity contribution in [2.45, 2.75) is 38.5 Å². The normalized spacial score (nSPS) is 14.9. The third-order valence-corrected chi connectivity index (χ3v) is 4.62. The van der Waals surface area contributed by atoms with Crippen LogP contribution >= 0.6 is 11.3 Å². The molecule has 0 unspecified atom stereocenters. The van der Waals surface area contributed by atoms with Crippen molar-refractivity contribution in [1.82, 2.24) is 4.90 Å². The average Bonchev–Trinajstić information content (AvgIpc) is 3.18. The smallest absolute Gasteiger partial charge is 0.132 e. The summed E-state index contributed by atoms with van der Waals surface area (Å²) in [5, 5.41) is 2.09. The summed E-state index contributed by atoms with van der Waals surface area (Å²) in [7, 11) is 0. The third-order valence-electron chi connectivity index (χ3n) is 3.75. The molecule has 106 valence electrons. The second-order valence-corrected chi connectivity index (χ2v) is 6.34. The van der Waals surface area contributed by atoms with E-state index >= 15 is 0 Å². The van der Waals surface area contributed by atoms with Gasteiger partial charge in [-0.2, -0.15) is 0 Å². The lowest BCUT2D eigenvalue weighted by molar-refractivity contribution is 0.244. The van der Waals surface area contributed by atoms with E-state index in [0.717, 1.165) is 12.1 Å². The van der Waals surface area contributed by atoms with E-state index in [9.17, 15) is 4.39 Å². The van der Waals surface area contributed by atoms with Crippen LogP contribution in [0.2, 0.25) is 0 Å². The predicted molar refractivity (Wildman–Crippen MR) is 80.9 cm³/mol. The maximum atomic E-state index is 14.3. The minimum absolute atomic E-state index is 0.133. The zero-order valence-corrected chi connectivity index (χ0v) is 12.2. The van der Waals surface area contributed by atoms with Crippen molar-refractivity contribution in [3.05, 3.63) is 57.5 Å². The number of halogens is 1. The van der Waals surface area contributed by atoms with Crippen molar-refractivity contribution < 1.29 is 4.39 Å². The summed E-state index contributed by atoms with van der Waals surface area (Å²) in [5.41, 5.74) is 6.95. The summed E-state index contributed by atoms with van der Waals surface area (Å²) in [6.45, 7) is 1.84. The molecule has 0 amide bonds. The number of hydrogen-bond donors (Lipinski definition) is 1. The Labute approximate surface area is 123 Å². The van der Waals surface area contributed by atoms with E-state index in [2.05, 4.69) is 22.4 Å². The molecule has 1 aliphatic rings. The van der Waals surface area contributed by atoms with E-state index < -0.39 is 0 Å². The van der Waals surface area contributed by atoms with Gasteiger partial charge in [-0.1, -0.05) is 24.3 Å². The monoisotopic (exact) mass is 290 g/mol. The van der Waals surface area contributed by atoms with E-state index in [1.165, 1.54) is 17.7 Å². The molecule has 0 aliphatic heterocycles. The van der Waals surface area contributed by atoms with Crippen LogP contribution in [-0.4, -0.2) is 10.9 Å². The van der Waals surface area contributed by atoms with E-state index in [4.69, 9.17) is 5.73 Å². The van der Waals surface area contributed by atoms with Crippen molar-refractivity contribution in [2.75, 3.05) is 0 Å². The Morgan fingerprint density at radius 3 is 2.60 bits per heavy atom. The largest absolute Gasteiger partial charge is 0.326 e. The van der Waals surface area contributed by atoms with Crippen molar-refractivity contribution in [2.24, 2.45) is 5.73 Å². The molecular weight excluding hydrogens is 271 g/mol. The standard InChI is InChI=1S/C16H19FN2S/c17-16-12(9-18)3-1-4-13(16)10-19(14-6-7-14)11-15-5-2-8-20-15/h1-5,8,14H,6-7,9-11,18H2. The van der Waals surface area contributed by atoms with Gasteiger partial charge in [0.05, 0.1) is 0 Å². The van der Waals surface area contributed by atoms with Gasteiger partial charge < -0.3 is 5.73 Å². The molecule has 1 aromatic carbocycles. The summed E-state index contributed by atoms with van der Waals surface area (Å²) in [6.07, 6.45) is 2.45. The van der Waals surface area contributed by atoms with Gasteiger partial charge in [-0.15, -0.1) is 11.3 Å². The van der Waals surface area contributed by atoms with Crippen LogP contribution in [0.15, 0.2) is 35.7 Å². The SMILES string of the molecule is NCc1cccc(CN(Cc2cccs2)C2CC2)c1F. The minimum atomic E-state index is -0.133. The van der Waals surface area contributed by atoms with E-state index in [-0.39, 0.29) is 12.4 Å². The molecule has 0 radical (unpaired) electrons. The molecule has 0 bridgehead atoms. The third kappa shape index (κ3) is 3.08. The van der Waals surface area contributed by atoms with Gasteiger partial charge in [0, 0.05) is 41.7 Å². The van der Waals surface area contributed by atoms with Crippen molar-refractivity contribution in [3.8, 4) is 0 Å². The maximum Gasteiger partial charge on any atom is 0.132 e. The van der Waals surface area contributed by atoms with Gasteiger partial charge in [0.25, 0.3) is 0 Å². The fraction of sp³-hybridized carbons (Fsp3) is 0.375. The summed E-state index contributed by atoms with van der Waals surface area (Å²) in [4.78, 5) is 3.72. The Balaban J connectivity index is 1.76. The lowest BCUT2D eigenvalue weighted by Crippen LogP contribution is -2.25. The number of nitrogens with zero attached hydrogens (tertiary/aromatic N) is 1. The Kier molecular flexibility index (Phi) is 4.15. The summed E-state index contributed by atoms with van der Waals surface area (Å²) in [6, 6.07) is 10.4. The summed E-state index contributed by atoms with van der Waals surface area (Å²) < 4.78 is 14.3. The first-order valence-corrected chi connectivity index (χ1v) is 7.88. The van der Waals surface area contributed by atoms with Crippen molar-refractivity contribution in [1.29, 1.82) is 0 Å². The molecule has 2 nitrogen and oxygen atoms in total. The Morgan fingerprint density at radius 2 is 1.95 bits per heavy atom. The highest BCUT2D eigenvalue weighted by Gasteiger charge is 2.29. The second kappa shape index (κ2) is 6.04. The molecule has 20 heavy (non-hydrogen) atoms. The molecule has 1 aromatic heterocycles. The number of benzene rings is 1. The van der Waals surface area contributed by atoms with Crippen LogP contribution < -0.4 is 5.73 Å². The zero-order valence-electron chi connectivity index (χ0n) is 11.4. The molecular formula is C16H19FN2S. The van der Waals surface area contributed by atoms with Gasteiger partial charge in [-0.25, -0.2) is 4.39 Å². The maximum absolute atomic E-state index is 14.3. The van der Waals surface area contributed by atoms with E-state index in [1.54, 1.807) is 17.4 Å². The van der Waals surface area contributed by atoms with Gasteiger partial charge in [-0.3, -0.25) is 4.90 Å². The number of hydrogen-bond acceptors (Lipinski definition) is 3. The molecule has 2 aromatic rings. The molecule has 0 spiro atoms. The van der Waals surface area contributed by atoms with Gasteiger partial charge in [0.15, 0.2) is 0 Å². The van der Waals surface area contributed by atoms with Crippen LogP contribution in [-0.2, 0) is 19.6 Å². The number of rotatable bonds is 6. The lowest BCUT2D eigenvalue weighted by atomic mass is 10.1. The van der Waals surface area contributed by atoms with Crippen LogP contribution in [0, 0.1) is 5.82 Å². The molecule has 1 saturated carbocycles. The Morgan fingerprint density at radius 1 is 1.15 bits per heavy atom. The van der Waals surface area contributed by atoms with E-state index in [0.29, 0.717) is 18.2 Å². The molecule has 1 heterocycles. The molecule has 1 fully saturated rings.